The van der Waals surface area contributed by atoms with Crippen LogP contribution < -0.4 is 20.3 Å². The number of sulfonamides is 1. The lowest BCUT2D eigenvalue weighted by molar-refractivity contribution is -0.120. The fourth-order valence-electron chi connectivity index (χ4n) is 9.15. The molecule has 2 aromatic heterocycles. The molecular weight excluding hydrogens is 757 g/mol. The number of urea groups is 1. The van der Waals surface area contributed by atoms with Gasteiger partial charge in [-0.2, -0.15) is 18.2 Å². The predicted octanol–water partition coefficient (Wildman–Crippen LogP) is 5.83. The van der Waals surface area contributed by atoms with Crippen LogP contribution in [0.25, 0.3) is 10.9 Å². The third-order valence-corrected chi connectivity index (χ3v) is 14.1. The maximum atomic E-state index is 13.9. The van der Waals surface area contributed by atoms with Crippen LogP contribution >= 0.6 is 0 Å². The van der Waals surface area contributed by atoms with Crippen LogP contribution in [0, 0.1) is 5.92 Å². The predicted molar refractivity (Wildman–Crippen MR) is 210 cm³/mol. The van der Waals surface area contributed by atoms with Crippen LogP contribution in [0.2, 0.25) is 0 Å². The van der Waals surface area contributed by atoms with Crippen LogP contribution in [-0.2, 0) is 21.9 Å². The van der Waals surface area contributed by atoms with E-state index in [1.807, 2.05) is 23.9 Å². The Morgan fingerprint density at radius 2 is 1.67 bits per heavy atom. The number of halogens is 2. The normalized spacial score (nSPS) is 22.3. The van der Waals surface area contributed by atoms with Crippen molar-refractivity contribution < 1.29 is 31.5 Å². The quantitative estimate of drug-likeness (QED) is 0.189. The van der Waals surface area contributed by atoms with Crippen LogP contribution in [0.4, 0.5) is 25.3 Å². The van der Waals surface area contributed by atoms with Gasteiger partial charge in [0.1, 0.15) is 0 Å². The van der Waals surface area contributed by atoms with Crippen molar-refractivity contribution in [3.63, 3.8) is 0 Å². The van der Waals surface area contributed by atoms with Crippen LogP contribution in [0.5, 0.6) is 5.75 Å². The van der Waals surface area contributed by atoms with Crippen LogP contribution in [0.1, 0.15) is 80.8 Å². The van der Waals surface area contributed by atoms with Gasteiger partial charge in [-0.15, -0.1) is 0 Å². The number of ether oxygens (including phenoxy) is 1. The molecule has 5 heterocycles. The molecule has 0 bridgehead atoms. The van der Waals surface area contributed by atoms with E-state index in [4.69, 9.17) is 0 Å². The molecule has 0 radical (unpaired) electrons. The number of anilines is 2. The van der Waals surface area contributed by atoms with E-state index in [2.05, 4.69) is 59.6 Å². The van der Waals surface area contributed by atoms with Crippen molar-refractivity contribution in [3.05, 3.63) is 66.0 Å². The molecule has 8 rings (SSSR count). The SMILES string of the molecule is Cn1nc(N2CCC(=O)NC2=O)c2ccc(C3CCN(CC4CCCCC4c4cccc(S(=O)(=O)N5CCC(Nc6ncc(OC(F)F)cn6)CC5)c4)CC3)cc21. The van der Waals surface area contributed by atoms with Crippen molar-refractivity contribution in [3.8, 4) is 5.75 Å². The molecule has 3 saturated heterocycles. The Kier molecular flexibility index (Phi) is 11.4. The minimum atomic E-state index is -3.70. The molecule has 17 heteroatoms. The Hall–Kier alpha value is -4.74. The average molecular weight is 806 g/mol. The number of carbonyl (C=O) groups is 2. The number of hydrogen-bond donors (Lipinski definition) is 2. The number of rotatable bonds is 11. The minimum absolute atomic E-state index is 0.0548. The monoisotopic (exact) mass is 805 g/mol. The zero-order chi connectivity index (χ0) is 39.7. The van der Waals surface area contributed by atoms with Crippen molar-refractivity contribution in [2.75, 3.05) is 49.5 Å². The van der Waals surface area contributed by atoms with Gasteiger partial charge in [-0.25, -0.2) is 23.2 Å². The van der Waals surface area contributed by atoms with E-state index in [9.17, 15) is 26.8 Å². The van der Waals surface area contributed by atoms with Crippen molar-refractivity contribution in [1.29, 1.82) is 0 Å². The molecule has 4 fully saturated rings. The lowest BCUT2D eigenvalue weighted by Gasteiger charge is -2.39. The molecule has 1 aliphatic carbocycles. The van der Waals surface area contributed by atoms with Crippen molar-refractivity contribution >= 4 is 44.6 Å². The second-order valence-corrected chi connectivity index (χ2v) is 17.7. The Labute approximate surface area is 331 Å². The largest absolute Gasteiger partial charge is 0.432 e. The smallest absolute Gasteiger partial charge is 0.387 e. The lowest BCUT2D eigenvalue weighted by Crippen LogP contribution is -2.49. The highest BCUT2D eigenvalue weighted by Gasteiger charge is 2.34. The topological polar surface area (TPSA) is 155 Å². The second kappa shape index (κ2) is 16.6. The molecule has 1 saturated carbocycles. The first kappa shape index (κ1) is 39.1. The summed E-state index contributed by atoms with van der Waals surface area (Å²) in [5, 5.41) is 11.1. The summed E-state index contributed by atoms with van der Waals surface area (Å²) in [5.41, 5.74) is 3.33. The van der Waals surface area contributed by atoms with Gasteiger partial charge in [0.05, 0.1) is 22.8 Å². The highest BCUT2D eigenvalue weighted by molar-refractivity contribution is 7.89. The maximum absolute atomic E-state index is 13.9. The molecule has 0 spiro atoms. The molecule has 3 amide bonds. The van der Waals surface area contributed by atoms with Gasteiger partial charge in [-0.05, 0) is 105 Å². The van der Waals surface area contributed by atoms with E-state index in [0.717, 1.165) is 68.2 Å². The molecule has 4 aliphatic rings. The number of benzene rings is 2. The number of carbonyl (C=O) groups excluding carboxylic acids is 2. The van der Waals surface area contributed by atoms with Gasteiger partial charge in [0.15, 0.2) is 11.6 Å². The molecule has 57 heavy (non-hydrogen) atoms. The van der Waals surface area contributed by atoms with Crippen molar-refractivity contribution in [2.45, 2.75) is 87.2 Å². The Morgan fingerprint density at radius 3 is 2.40 bits per heavy atom. The number of fused-ring (bicyclic) bond motifs is 1. The van der Waals surface area contributed by atoms with Gasteiger partial charge >= 0.3 is 12.6 Å². The number of aromatic nitrogens is 4. The van der Waals surface area contributed by atoms with E-state index in [1.54, 1.807) is 15.3 Å². The van der Waals surface area contributed by atoms with Crippen LogP contribution in [-0.4, -0.2) is 101 Å². The molecule has 2 N–H and O–H groups in total. The summed E-state index contributed by atoms with van der Waals surface area (Å²) in [6, 6.07) is 13.5. The first-order chi connectivity index (χ1) is 27.5. The zero-order valence-corrected chi connectivity index (χ0v) is 32.8. The summed E-state index contributed by atoms with van der Waals surface area (Å²) in [4.78, 5) is 36.8. The summed E-state index contributed by atoms with van der Waals surface area (Å²) in [5.74, 6) is 1.61. The summed E-state index contributed by atoms with van der Waals surface area (Å²) in [7, 11) is -1.81. The molecule has 2 unspecified atom stereocenters. The number of piperidine rings is 2. The standard InChI is InChI=1S/C40H49F2N9O5S/c1-48-35-22-27(9-10-34(35)37(47-48)51-20-15-36(52)46-40(51)53)26-11-16-49(17-12-26)25-29-5-2-3-8-33(29)28-6-4-7-32(21-28)57(54,55)50-18-13-30(14-19-50)45-39-43-23-31(24-44-39)56-38(41)42/h4,6-7,9-10,21-24,26,29-30,33,38H,2-3,5,8,11-20,25H2,1H3,(H,43,44,45)(H,46,52,53). The second-order valence-electron chi connectivity index (χ2n) is 15.7. The van der Waals surface area contributed by atoms with Crippen molar-refractivity contribution in [1.82, 2.24) is 34.3 Å². The Balaban J connectivity index is 0.865. The van der Waals surface area contributed by atoms with Crippen LogP contribution in [0.3, 0.4) is 0 Å². The number of hydrogen-bond acceptors (Lipinski definition) is 10. The minimum Gasteiger partial charge on any atom is -0.432 e. The van der Waals surface area contributed by atoms with Gasteiger partial charge in [-0.3, -0.25) is 19.7 Å². The van der Waals surface area contributed by atoms with Gasteiger partial charge in [-0.1, -0.05) is 31.0 Å². The first-order valence-electron chi connectivity index (χ1n) is 20.0. The van der Waals surface area contributed by atoms with Crippen molar-refractivity contribution in [2.24, 2.45) is 13.0 Å². The lowest BCUT2D eigenvalue weighted by atomic mass is 9.75. The number of likely N-dealkylation sites (tertiary alicyclic amines) is 1. The van der Waals surface area contributed by atoms with Crippen LogP contribution in [0.15, 0.2) is 59.8 Å². The Bertz CT molecular complexity index is 2190. The number of nitrogens with one attached hydrogen (secondary N) is 2. The molecule has 304 valence electrons. The van der Waals surface area contributed by atoms with E-state index >= 15 is 0 Å². The van der Waals surface area contributed by atoms with Gasteiger partial charge in [0, 0.05) is 51.1 Å². The third-order valence-electron chi connectivity index (χ3n) is 12.2. The number of alkyl halides is 2. The van der Waals surface area contributed by atoms with E-state index in [1.165, 1.54) is 24.4 Å². The molecule has 2 aromatic carbocycles. The van der Waals surface area contributed by atoms with Gasteiger partial charge < -0.3 is 15.0 Å². The first-order valence-corrected chi connectivity index (χ1v) is 21.4. The average Bonchev–Trinajstić information content (AvgIpc) is 3.54. The summed E-state index contributed by atoms with van der Waals surface area (Å²) in [6.45, 7) is 1.02. The van der Waals surface area contributed by atoms with E-state index in [-0.39, 0.29) is 30.1 Å². The zero-order valence-electron chi connectivity index (χ0n) is 32.0. The molecule has 4 aromatic rings. The maximum Gasteiger partial charge on any atom is 0.387 e. The van der Waals surface area contributed by atoms with E-state index in [0.29, 0.717) is 60.9 Å². The summed E-state index contributed by atoms with van der Waals surface area (Å²) < 4.78 is 60.4. The molecule has 3 aliphatic heterocycles. The third kappa shape index (κ3) is 8.60. The summed E-state index contributed by atoms with van der Waals surface area (Å²) in [6.07, 6.45) is 10.3. The fourth-order valence-corrected chi connectivity index (χ4v) is 10.7. The molecular formula is C40H49F2N9O5S. The highest BCUT2D eigenvalue weighted by atomic mass is 32.2. The van der Waals surface area contributed by atoms with Gasteiger partial charge in [0.25, 0.3) is 0 Å². The fraction of sp³-hybridized carbons (Fsp3) is 0.525. The number of nitrogens with zero attached hydrogens (tertiary/aromatic N) is 7. The Morgan fingerprint density at radius 1 is 0.912 bits per heavy atom. The van der Waals surface area contributed by atoms with E-state index < -0.39 is 22.7 Å². The highest BCUT2D eigenvalue weighted by Crippen LogP contribution is 2.41. The number of imide groups is 1. The number of amides is 3. The van der Waals surface area contributed by atoms with Gasteiger partial charge in [0.2, 0.25) is 21.9 Å². The number of aryl methyl sites for hydroxylation is 1. The summed E-state index contributed by atoms with van der Waals surface area (Å²) >= 11 is 0. The molecule has 14 nitrogen and oxygen atoms in total. The molecule has 2 atom stereocenters.